The number of ether oxygens (including phenoxy) is 2. The highest BCUT2D eigenvalue weighted by molar-refractivity contribution is 6.31. The number of furan rings is 1. The quantitative estimate of drug-likeness (QED) is 0.223. The largest absolute Gasteiger partial charge is 0.452 e. The summed E-state index contributed by atoms with van der Waals surface area (Å²) in [4.78, 5) is 25.0. The summed E-state index contributed by atoms with van der Waals surface area (Å²) >= 11 is 5.95. The molecule has 2 heterocycles. The van der Waals surface area contributed by atoms with Gasteiger partial charge in [-0.25, -0.2) is 9.18 Å². The first-order valence-corrected chi connectivity index (χ1v) is 9.60. The Morgan fingerprint density at radius 3 is 2.71 bits per heavy atom. The zero-order valence-electron chi connectivity index (χ0n) is 15.7. The molecule has 0 atom stereocenters. The topological polar surface area (TPSA) is 65.7 Å². The molecule has 7 heteroatoms. The number of rotatable bonds is 3. The molecule has 152 valence electrons. The van der Waals surface area contributed by atoms with Crippen LogP contribution in [0.4, 0.5) is 4.39 Å². The Kier molecular flexibility index (Phi) is 4.56. The van der Waals surface area contributed by atoms with Crippen LogP contribution in [0.15, 0.2) is 76.9 Å². The second-order valence-electron chi connectivity index (χ2n) is 6.80. The van der Waals surface area contributed by atoms with E-state index >= 15 is 0 Å². The first-order valence-electron chi connectivity index (χ1n) is 9.22. The summed E-state index contributed by atoms with van der Waals surface area (Å²) in [5, 5.41) is 1.19. The Morgan fingerprint density at radius 2 is 1.87 bits per heavy atom. The number of carbonyl (C=O) groups excluding carboxylic acids is 2. The SMILES string of the molecule is O=C(Oc1ccc2c(c1)O/C(=C\c1ccccc1F)C2=O)c1cc2cc(Cl)ccc2o1. The molecule has 31 heavy (non-hydrogen) atoms. The summed E-state index contributed by atoms with van der Waals surface area (Å²) in [6.07, 6.45) is 1.34. The average molecular weight is 435 g/mol. The molecule has 1 aliphatic rings. The third-order valence-electron chi connectivity index (χ3n) is 4.72. The number of halogens is 2. The molecule has 0 unspecified atom stereocenters. The van der Waals surface area contributed by atoms with Gasteiger partial charge in [0.25, 0.3) is 0 Å². The van der Waals surface area contributed by atoms with Crippen LogP contribution in [0.5, 0.6) is 11.5 Å². The summed E-state index contributed by atoms with van der Waals surface area (Å²) in [6, 6.07) is 17.0. The zero-order chi connectivity index (χ0) is 21.5. The van der Waals surface area contributed by atoms with Gasteiger partial charge in [-0.2, -0.15) is 0 Å². The fourth-order valence-electron chi connectivity index (χ4n) is 3.24. The van der Waals surface area contributed by atoms with Crippen molar-refractivity contribution in [2.75, 3.05) is 0 Å². The van der Waals surface area contributed by atoms with Gasteiger partial charge >= 0.3 is 5.97 Å². The van der Waals surface area contributed by atoms with Crippen LogP contribution < -0.4 is 9.47 Å². The Hall–Kier alpha value is -3.90. The van der Waals surface area contributed by atoms with Crippen LogP contribution in [0, 0.1) is 5.82 Å². The predicted octanol–water partition coefficient (Wildman–Crippen LogP) is 6.06. The molecule has 1 aromatic heterocycles. The van der Waals surface area contributed by atoms with E-state index in [9.17, 15) is 14.0 Å². The van der Waals surface area contributed by atoms with Gasteiger partial charge in [-0.15, -0.1) is 0 Å². The van der Waals surface area contributed by atoms with Gasteiger partial charge in [0.05, 0.1) is 5.56 Å². The van der Waals surface area contributed by atoms with Gasteiger partial charge < -0.3 is 13.9 Å². The highest BCUT2D eigenvalue weighted by atomic mass is 35.5. The molecule has 0 N–H and O–H groups in total. The first kappa shape index (κ1) is 19.1. The van der Waals surface area contributed by atoms with E-state index in [1.165, 1.54) is 42.5 Å². The van der Waals surface area contributed by atoms with E-state index in [-0.39, 0.29) is 34.4 Å². The van der Waals surface area contributed by atoms with Crippen LogP contribution in [-0.2, 0) is 0 Å². The summed E-state index contributed by atoms with van der Waals surface area (Å²) in [6.45, 7) is 0. The highest BCUT2D eigenvalue weighted by Gasteiger charge is 2.28. The number of ketones is 1. The van der Waals surface area contributed by atoms with E-state index < -0.39 is 11.8 Å². The summed E-state index contributed by atoms with van der Waals surface area (Å²) in [7, 11) is 0. The number of esters is 1. The number of benzene rings is 3. The molecule has 0 aliphatic carbocycles. The fourth-order valence-corrected chi connectivity index (χ4v) is 3.42. The number of allylic oxidation sites excluding steroid dienone is 1. The van der Waals surface area contributed by atoms with E-state index in [1.54, 1.807) is 30.3 Å². The number of carbonyl (C=O) groups is 2. The van der Waals surface area contributed by atoms with Crippen LogP contribution in [0.3, 0.4) is 0 Å². The van der Waals surface area contributed by atoms with Crippen LogP contribution in [0.1, 0.15) is 26.5 Å². The van der Waals surface area contributed by atoms with Gasteiger partial charge in [0.2, 0.25) is 11.5 Å². The minimum atomic E-state index is -0.710. The van der Waals surface area contributed by atoms with Crippen molar-refractivity contribution in [3.63, 3.8) is 0 Å². The molecule has 4 aromatic rings. The minimum absolute atomic E-state index is 0.00916. The maximum absolute atomic E-state index is 13.9. The van der Waals surface area contributed by atoms with Gasteiger partial charge in [0, 0.05) is 22.0 Å². The predicted molar refractivity (Wildman–Crippen MR) is 112 cm³/mol. The number of hydrogen-bond acceptors (Lipinski definition) is 5. The Bertz CT molecular complexity index is 1400. The number of fused-ring (bicyclic) bond motifs is 2. The standard InChI is InChI=1S/C24H12ClFO5/c25-15-5-8-19-14(9-15)11-22(30-19)24(28)29-16-6-7-17-20(12-16)31-21(23(17)27)10-13-3-1-2-4-18(13)26/h1-12H/b21-10-. The lowest BCUT2D eigenvalue weighted by atomic mass is 10.1. The zero-order valence-corrected chi connectivity index (χ0v) is 16.5. The average Bonchev–Trinajstić information content (AvgIpc) is 3.30. The third-order valence-corrected chi connectivity index (χ3v) is 4.96. The molecule has 0 fully saturated rings. The van der Waals surface area contributed by atoms with E-state index in [0.717, 1.165) is 0 Å². The Morgan fingerprint density at radius 1 is 1.03 bits per heavy atom. The van der Waals surface area contributed by atoms with E-state index in [0.29, 0.717) is 21.6 Å². The monoisotopic (exact) mass is 434 g/mol. The van der Waals surface area contributed by atoms with Gasteiger partial charge in [-0.1, -0.05) is 29.8 Å². The lowest BCUT2D eigenvalue weighted by Crippen LogP contribution is -2.07. The number of Topliss-reactive ketones (excluding diaryl/α,β-unsaturated/α-hetero) is 1. The van der Waals surface area contributed by atoms with Crippen molar-refractivity contribution in [1.82, 2.24) is 0 Å². The maximum atomic E-state index is 13.9. The van der Waals surface area contributed by atoms with Gasteiger partial charge in [0.1, 0.15) is 22.9 Å². The van der Waals surface area contributed by atoms with Gasteiger partial charge in [-0.3, -0.25) is 4.79 Å². The first-order chi connectivity index (χ1) is 15.0. The second-order valence-corrected chi connectivity index (χ2v) is 7.24. The van der Waals surface area contributed by atoms with Crippen molar-refractivity contribution < 1.29 is 27.9 Å². The van der Waals surface area contributed by atoms with Crippen molar-refractivity contribution in [2.45, 2.75) is 0 Å². The molecule has 5 rings (SSSR count). The van der Waals surface area contributed by atoms with E-state index in [4.69, 9.17) is 25.5 Å². The molecule has 0 radical (unpaired) electrons. The van der Waals surface area contributed by atoms with Gasteiger partial charge in [-0.05, 0) is 48.5 Å². The summed E-state index contributed by atoms with van der Waals surface area (Å²) in [5.41, 5.74) is 1.03. The van der Waals surface area contributed by atoms with Crippen molar-refractivity contribution in [3.05, 3.63) is 100 Å². The molecule has 0 bridgehead atoms. The van der Waals surface area contributed by atoms with Crippen LogP contribution in [0.2, 0.25) is 5.02 Å². The molecule has 0 saturated heterocycles. The fraction of sp³-hybridized carbons (Fsp3) is 0. The molecular weight excluding hydrogens is 423 g/mol. The molecule has 0 saturated carbocycles. The van der Waals surface area contributed by atoms with Crippen LogP contribution in [-0.4, -0.2) is 11.8 Å². The molecular formula is C24H12ClFO5. The van der Waals surface area contributed by atoms with Crippen molar-refractivity contribution in [3.8, 4) is 11.5 Å². The molecule has 1 aliphatic heterocycles. The molecule has 0 amide bonds. The lowest BCUT2D eigenvalue weighted by Gasteiger charge is -2.04. The highest BCUT2D eigenvalue weighted by Crippen LogP contribution is 2.35. The normalized spacial score (nSPS) is 14.0. The Labute approximate surface area is 180 Å². The van der Waals surface area contributed by atoms with Crippen LogP contribution >= 0.6 is 11.6 Å². The van der Waals surface area contributed by atoms with Crippen LogP contribution in [0.25, 0.3) is 17.0 Å². The lowest BCUT2D eigenvalue weighted by molar-refractivity contribution is 0.0703. The summed E-state index contributed by atoms with van der Waals surface area (Å²) in [5.74, 6) is -1.18. The van der Waals surface area contributed by atoms with Crippen molar-refractivity contribution in [1.29, 1.82) is 0 Å². The van der Waals surface area contributed by atoms with Gasteiger partial charge in [0.15, 0.2) is 5.76 Å². The van der Waals surface area contributed by atoms with E-state index in [1.807, 2.05) is 0 Å². The molecule has 3 aromatic carbocycles. The third kappa shape index (κ3) is 3.58. The maximum Gasteiger partial charge on any atom is 0.379 e. The van der Waals surface area contributed by atoms with E-state index in [2.05, 4.69) is 0 Å². The van der Waals surface area contributed by atoms with Crippen molar-refractivity contribution >= 4 is 40.4 Å². The van der Waals surface area contributed by atoms with Crippen molar-refractivity contribution in [2.24, 2.45) is 0 Å². The smallest absolute Gasteiger partial charge is 0.379 e. The minimum Gasteiger partial charge on any atom is -0.452 e. The Balaban J connectivity index is 1.38. The second kappa shape index (κ2) is 7.41. The molecule has 0 spiro atoms. The number of hydrogen-bond donors (Lipinski definition) is 0. The summed E-state index contributed by atoms with van der Waals surface area (Å²) < 4.78 is 30.3. The molecule has 5 nitrogen and oxygen atoms in total.